The van der Waals surface area contributed by atoms with Crippen molar-refractivity contribution >= 4 is 76.6 Å². The number of ether oxygens (including phenoxy) is 6. The molecule has 7 aliphatic rings. The molecule has 7 heterocycles. The van der Waals surface area contributed by atoms with Gasteiger partial charge in [0.05, 0.1) is 22.2 Å². The van der Waals surface area contributed by atoms with E-state index >= 15 is 24.0 Å². The molecule has 0 radical (unpaired) electrons. The van der Waals surface area contributed by atoms with Crippen molar-refractivity contribution in [1.82, 2.24) is 31.9 Å². The van der Waals surface area contributed by atoms with Crippen LogP contribution in [0.25, 0.3) is 11.1 Å². The number of nitrogens with one attached hydrogen (secondary N) is 6. The summed E-state index contributed by atoms with van der Waals surface area (Å²) in [6.45, 7) is -0.0927. The van der Waals surface area contributed by atoms with E-state index in [0.29, 0.717) is 0 Å². The molecule has 17 bridgehead atoms. The van der Waals surface area contributed by atoms with Crippen LogP contribution in [0.3, 0.4) is 0 Å². The zero-order chi connectivity index (χ0) is 69.8. The maximum Gasteiger partial charge on any atom is 0.347 e. The number of esters is 3. The summed E-state index contributed by atoms with van der Waals surface area (Å²) >= 11 is 14.1. The van der Waals surface area contributed by atoms with E-state index in [2.05, 4.69) is 31.9 Å². The van der Waals surface area contributed by atoms with Gasteiger partial charge in [-0.25, -0.2) is 14.4 Å². The molecule has 0 spiro atoms. The number of nitrogens with two attached hydrogens (primary N) is 1. The van der Waals surface area contributed by atoms with Crippen LogP contribution < -0.4 is 56.6 Å². The smallest absolute Gasteiger partial charge is 0.347 e. The van der Waals surface area contributed by atoms with Crippen LogP contribution in [0.5, 0.6) is 69.0 Å². The minimum absolute atomic E-state index is 0.0213. The molecular weight excluding hydrogens is 1330 g/mol. The van der Waals surface area contributed by atoms with Crippen LogP contribution in [-0.2, 0) is 54.3 Å². The van der Waals surface area contributed by atoms with Gasteiger partial charge >= 0.3 is 17.9 Å². The molecule has 8 aromatic rings. The van der Waals surface area contributed by atoms with E-state index in [1.807, 2.05) is 0 Å². The quantitative estimate of drug-likeness (QED) is 0.0681. The Kier molecular flexibility index (Phi) is 17.5. The van der Waals surface area contributed by atoms with E-state index in [1.165, 1.54) is 84.9 Å². The molecule has 504 valence electrons. The average molecular weight is 1390 g/mol. The molecule has 1 unspecified atom stereocenters. The largest absolute Gasteiger partial charge is 0.508 e. The first kappa shape index (κ1) is 65.5. The van der Waals surface area contributed by atoms with Gasteiger partial charge in [-0.15, -0.1) is 0 Å². The first-order valence-electron chi connectivity index (χ1n) is 30.2. The lowest BCUT2D eigenvalue weighted by molar-refractivity contribution is -0.144. The predicted octanol–water partition coefficient (Wildman–Crippen LogP) is 6.27. The molecule has 0 saturated carbocycles. The van der Waals surface area contributed by atoms with Gasteiger partial charge in [0.1, 0.15) is 82.6 Å². The Balaban J connectivity index is 1.03. The average Bonchev–Trinajstić information content (AvgIpc) is 0.917. The van der Waals surface area contributed by atoms with E-state index in [1.54, 1.807) is 6.07 Å². The van der Waals surface area contributed by atoms with Gasteiger partial charge in [-0.1, -0.05) is 65.7 Å². The van der Waals surface area contributed by atoms with Gasteiger partial charge in [0.2, 0.25) is 41.2 Å². The summed E-state index contributed by atoms with van der Waals surface area (Å²) in [4.78, 5) is 134. The minimum Gasteiger partial charge on any atom is -0.508 e. The van der Waals surface area contributed by atoms with E-state index in [4.69, 9.17) is 57.4 Å². The van der Waals surface area contributed by atoms with E-state index in [9.17, 15) is 49.8 Å². The van der Waals surface area contributed by atoms with Gasteiger partial charge in [0.15, 0.2) is 35.1 Å². The fourth-order valence-corrected chi connectivity index (χ4v) is 12.3. The molecule has 1 saturated heterocycles. The Hall–Kier alpha value is -12.1. The number of rotatable bonds is 4. The maximum atomic E-state index is 16.1. The van der Waals surface area contributed by atoms with Crippen LogP contribution in [-0.4, -0.2) is 109 Å². The summed E-state index contributed by atoms with van der Waals surface area (Å²) < 4.78 is 36.1. The monoisotopic (exact) mass is 1390 g/mol. The lowest BCUT2D eigenvalue weighted by atomic mass is 9.89. The summed E-state index contributed by atoms with van der Waals surface area (Å²) in [7, 11) is 0. The fourth-order valence-electron chi connectivity index (χ4n) is 11.8. The highest BCUT2D eigenvalue weighted by Gasteiger charge is 2.43. The van der Waals surface area contributed by atoms with Crippen LogP contribution in [0.4, 0.5) is 0 Å². The number of aliphatic hydroxyl groups is 1. The normalized spacial score (nSPS) is 21.9. The molecule has 6 amide bonds. The van der Waals surface area contributed by atoms with Crippen molar-refractivity contribution in [3.05, 3.63) is 200 Å². The molecule has 28 nitrogen and oxygen atoms in total. The van der Waals surface area contributed by atoms with Crippen LogP contribution in [0, 0.1) is 0 Å². The zero-order valence-corrected chi connectivity index (χ0v) is 52.3. The lowest BCUT2D eigenvalue weighted by Gasteiger charge is -2.31. The highest BCUT2D eigenvalue weighted by atomic mass is 35.5. The van der Waals surface area contributed by atoms with Crippen LogP contribution >= 0.6 is 23.2 Å². The second-order valence-corrected chi connectivity index (χ2v) is 24.2. The Morgan fingerprint density at radius 3 is 1.83 bits per heavy atom. The third-order valence-electron chi connectivity index (χ3n) is 16.8. The van der Waals surface area contributed by atoms with Gasteiger partial charge in [0.25, 0.3) is 0 Å². The Morgan fingerprint density at radius 2 is 1.14 bits per heavy atom. The Morgan fingerprint density at radius 1 is 0.525 bits per heavy atom. The molecule has 99 heavy (non-hydrogen) atoms. The minimum atomic E-state index is -2.29. The summed E-state index contributed by atoms with van der Waals surface area (Å²) in [5.41, 5.74) is 4.08. The second-order valence-electron chi connectivity index (χ2n) is 23.4. The van der Waals surface area contributed by atoms with E-state index in [0.717, 1.165) is 54.6 Å². The number of phenols is 5. The topological polar surface area (TPSA) is 429 Å². The number of benzene rings is 8. The van der Waals surface area contributed by atoms with Crippen LogP contribution in [0.1, 0.15) is 92.0 Å². The van der Waals surface area contributed by atoms with Gasteiger partial charge < -0.3 is 96.7 Å². The summed E-state index contributed by atoms with van der Waals surface area (Å²) in [6.07, 6.45) is -3.97. The van der Waals surface area contributed by atoms with Crippen molar-refractivity contribution in [2.45, 2.75) is 67.3 Å². The molecule has 0 aliphatic carbocycles. The Bertz CT molecular complexity index is 4750. The van der Waals surface area contributed by atoms with Crippen molar-refractivity contribution in [2.24, 2.45) is 5.73 Å². The van der Waals surface area contributed by atoms with Crippen molar-refractivity contribution in [2.75, 3.05) is 6.61 Å². The first-order valence-corrected chi connectivity index (χ1v) is 30.9. The summed E-state index contributed by atoms with van der Waals surface area (Å²) in [5.74, 6) is -16.6. The number of hydrogen-bond donors (Lipinski definition) is 13. The molecule has 0 aromatic heterocycles. The van der Waals surface area contributed by atoms with Gasteiger partial charge in [-0.05, 0) is 124 Å². The fraction of sp³-hybridized carbons (Fsp3) is 0.174. The van der Waals surface area contributed by atoms with E-state index < -0.39 is 165 Å². The molecule has 1 fully saturated rings. The summed E-state index contributed by atoms with van der Waals surface area (Å²) in [5, 5.41) is 84.4. The SMILES string of the molecule is N[C@@H]1C(=O)N[C@@H]2Cc3ccc(c(Cl)c3)Oc3cc4cc(c3OC3CCOC3=O)Oc3ccc(cc3Cl)[C@@H](O)[C@@H]3NC(=O)[C@H](NC(=O)[C@@H]4NC(=O)[C@@H](NC2=O)c2cc(O)cc(c2)Oc2cc1ccc2O)c1ccc(O)c(c1)-c1c(O)cc(O)cc1[C@@H](C(=O)OC(=O)c1ccccc1)NC3=O. The maximum absolute atomic E-state index is 16.1. The van der Waals surface area contributed by atoms with Crippen molar-refractivity contribution in [3.63, 3.8) is 0 Å². The summed E-state index contributed by atoms with van der Waals surface area (Å²) in [6, 6.07) is 15.1. The molecule has 7 aliphatic heterocycles. The number of hydrogen-bond acceptors (Lipinski definition) is 22. The highest BCUT2D eigenvalue weighted by molar-refractivity contribution is 6.32. The van der Waals surface area contributed by atoms with Crippen molar-refractivity contribution < 1.29 is 102 Å². The third kappa shape index (κ3) is 13.2. The number of fused-ring (bicyclic) bond motifs is 14. The second kappa shape index (κ2) is 26.5. The first-order chi connectivity index (χ1) is 47.4. The number of aliphatic hydroxyl groups excluding tert-OH is 1. The number of carbonyl (C=O) groups excluding carboxylic acids is 9. The van der Waals surface area contributed by atoms with Crippen LogP contribution in [0.15, 0.2) is 146 Å². The standard InChI is InChI=1S/C69H53Cl2N7O21/c70-40-16-28-6-12-46(40)96-50-23-34-24-51(60(50)98-48-14-15-94-68(48)92)97-47-13-9-32(21-41(47)71)59(84)58-66(90)77-57(69(93)99-67(91)29-4-2-1-3-5-29)39-26-36(80)27-45(83)52(39)38-20-31(8-10-43(38)81)54(63(87)78-58)75-65(89)56(34)76-64(88)55-33-18-35(79)25-37(19-33)95-49-22-30(7-11-44(49)82)53(72)62(86)73-42(17-28)61(85)74-55/h1-13,16,18-27,42,48,53-59,79-84H,14-15,17,72H2,(H,73,86)(H,74,85)(H,75,89)(H,76,88)(H,77,90)(H,78,87)/t42-,48?,53+,54-,55+,56-,57+,58+,59-/m1/s1. The molecule has 9 atom stereocenters. The van der Waals surface area contributed by atoms with Gasteiger partial charge in [0, 0.05) is 41.7 Å². The predicted molar refractivity (Wildman–Crippen MR) is 342 cm³/mol. The van der Waals surface area contributed by atoms with Crippen molar-refractivity contribution in [1.29, 1.82) is 0 Å². The third-order valence-corrected chi connectivity index (χ3v) is 17.4. The van der Waals surface area contributed by atoms with Crippen LogP contribution in [0.2, 0.25) is 10.0 Å². The molecule has 15 rings (SSSR count). The number of carbonyl (C=O) groups is 9. The number of halogens is 2. The number of phenolic OH excluding ortho intramolecular Hbond substituents is 5. The molecule has 14 N–H and O–H groups in total. The molecule has 8 aromatic carbocycles. The number of amides is 6. The van der Waals surface area contributed by atoms with E-state index in [-0.39, 0.29) is 97.2 Å². The number of aromatic hydroxyl groups is 5. The molecule has 30 heteroatoms. The zero-order valence-electron chi connectivity index (χ0n) is 50.8. The van der Waals surface area contributed by atoms with Gasteiger partial charge in [-0.2, -0.15) is 0 Å². The Labute approximate surface area is 568 Å². The van der Waals surface area contributed by atoms with Gasteiger partial charge in [-0.3, -0.25) is 28.8 Å². The van der Waals surface area contributed by atoms with Crippen molar-refractivity contribution in [3.8, 4) is 80.1 Å². The lowest BCUT2D eigenvalue weighted by Crippen LogP contribution is -2.55. The highest BCUT2D eigenvalue weighted by Crippen LogP contribution is 2.49. The number of cyclic esters (lactones) is 1. The molecular formula is C69H53Cl2N7O21.